The summed E-state index contributed by atoms with van der Waals surface area (Å²) in [5.74, 6) is -1.00. The van der Waals surface area contributed by atoms with Gasteiger partial charge in [0.1, 0.15) is 0 Å². The van der Waals surface area contributed by atoms with Crippen molar-refractivity contribution in [2.75, 3.05) is 6.54 Å². The zero-order valence-electron chi connectivity index (χ0n) is 11.3. The molecule has 0 spiro atoms. The number of nitrogens with one attached hydrogen (secondary N) is 1. The van der Waals surface area contributed by atoms with Crippen LogP contribution in [0.4, 0.5) is 0 Å². The third kappa shape index (κ3) is 3.89. The second-order valence-electron chi connectivity index (χ2n) is 4.59. The van der Waals surface area contributed by atoms with Gasteiger partial charge in [0.25, 0.3) is 0 Å². The Labute approximate surface area is 128 Å². The highest BCUT2D eigenvalue weighted by molar-refractivity contribution is 6.23. The Morgan fingerprint density at radius 2 is 2.00 bits per heavy atom. The number of nitrogens with zero attached hydrogens (tertiary/aromatic N) is 1. The Hall–Kier alpha value is -2.20. The lowest BCUT2D eigenvalue weighted by Gasteiger charge is -2.19. The molecule has 2 unspecified atom stereocenters. The van der Waals surface area contributed by atoms with Crippen molar-refractivity contribution in [3.8, 4) is 0 Å². The normalized spacial score (nSPS) is 20.5. The van der Waals surface area contributed by atoms with Crippen LogP contribution in [0.15, 0.2) is 59.2 Å². The molecule has 1 amide bonds. The molecule has 0 saturated heterocycles. The molecule has 4 nitrogen and oxygen atoms in total. The zero-order valence-corrected chi connectivity index (χ0v) is 12.1. The van der Waals surface area contributed by atoms with Gasteiger partial charge in [-0.15, -0.1) is 11.6 Å². The summed E-state index contributed by atoms with van der Waals surface area (Å²) in [6.45, 7) is 3.36. The third-order valence-corrected chi connectivity index (χ3v) is 3.57. The molecule has 0 fully saturated rings. The summed E-state index contributed by atoms with van der Waals surface area (Å²) < 4.78 is 0. The number of hydrogen-bond acceptors (Lipinski definition) is 3. The molecule has 1 N–H and O–H groups in total. The minimum absolute atomic E-state index is 0.0582. The van der Waals surface area contributed by atoms with E-state index in [4.69, 9.17) is 11.6 Å². The average molecular weight is 303 g/mol. The predicted octanol–water partition coefficient (Wildman–Crippen LogP) is 2.36. The minimum atomic E-state index is -0.555. The molecular weight excluding hydrogens is 288 g/mol. The van der Waals surface area contributed by atoms with Crippen LogP contribution in [-0.2, 0) is 4.79 Å². The maximum absolute atomic E-state index is 12.1. The van der Waals surface area contributed by atoms with Gasteiger partial charge in [-0.3, -0.25) is 14.6 Å². The number of rotatable bonds is 5. The highest BCUT2D eigenvalue weighted by Crippen LogP contribution is 2.22. The van der Waals surface area contributed by atoms with E-state index >= 15 is 0 Å². The number of aliphatic imine (C=N–C) groups is 1. The summed E-state index contributed by atoms with van der Waals surface area (Å²) in [6.07, 6.45) is 5.05. The molecule has 1 aromatic rings. The van der Waals surface area contributed by atoms with Crippen molar-refractivity contribution in [1.29, 1.82) is 0 Å². The van der Waals surface area contributed by atoms with E-state index in [9.17, 15) is 9.59 Å². The molecular formula is C16H15ClN2O2. The molecule has 1 aromatic carbocycles. The summed E-state index contributed by atoms with van der Waals surface area (Å²) in [7, 11) is 0. The third-order valence-electron chi connectivity index (χ3n) is 3.15. The van der Waals surface area contributed by atoms with E-state index in [1.165, 1.54) is 0 Å². The van der Waals surface area contributed by atoms with Crippen LogP contribution in [0.3, 0.4) is 0 Å². The van der Waals surface area contributed by atoms with Gasteiger partial charge in [0, 0.05) is 5.56 Å². The van der Waals surface area contributed by atoms with Crippen molar-refractivity contribution in [1.82, 2.24) is 5.32 Å². The van der Waals surface area contributed by atoms with E-state index in [1.54, 1.807) is 42.5 Å². The van der Waals surface area contributed by atoms with Crippen LogP contribution in [0.2, 0.25) is 0 Å². The highest BCUT2D eigenvalue weighted by atomic mass is 35.5. The summed E-state index contributed by atoms with van der Waals surface area (Å²) in [5, 5.41) is 2.16. The van der Waals surface area contributed by atoms with Crippen molar-refractivity contribution in [2.24, 2.45) is 10.9 Å². The number of benzene rings is 1. The van der Waals surface area contributed by atoms with E-state index < -0.39 is 11.3 Å². The topological polar surface area (TPSA) is 58.5 Å². The Balaban J connectivity index is 1.96. The Morgan fingerprint density at radius 3 is 2.67 bits per heavy atom. The van der Waals surface area contributed by atoms with Crippen molar-refractivity contribution >= 4 is 30.0 Å². The first-order valence-corrected chi connectivity index (χ1v) is 6.92. The Morgan fingerprint density at radius 1 is 1.29 bits per heavy atom. The van der Waals surface area contributed by atoms with E-state index in [0.717, 1.165) is 0 Å². The lowest BCUT2D eigenvalue weighted by atomic mass is 9.97. The summed E-state index contributed by atoms with van der Waals surface area (Å²) >= 11 is 6.09. The van der Waals surface area contributed by atoms with Crippen LogP contribution in [-0.4, -0.2) is 30.3 Å². The second-order valence-corrected chi connectivity index (χ2v) is 5.09. The first-order valence-electron chi connectivity index (χ1n) is 6.48. The van der Waals surface area contributed by atoms with Gasteiger partial charge in [0.15, 0.2) is 5.78 Å². The van der Waals surface area contributed by atoms with Crippen LogP contribution in [0.1, 0.15) is 10.4 Å². The van der Waals surface area contributed by atoms with Gasteiger partial charge in [-0.05, 0) is 18.9 Å². The summed E-state index contributed by atoms with van der Waals surface area (Å²) in [6, 6.07) is 8.81. The lowest BCUT2D eigenvalue weighted by Crippen LogP contribution is -2.37. The monoisotopic (exact) mass is 302 g/mol. The number of allylic oxidation sites excluding steroid dienone is 2. The number of ketones is 1. The molecule has 2 atom stereocenters. The van der Waals surface area contributed by atoms with Crippen molar-refractivity contribution in [3.05, 3.63) is 59.8 Å². The number of amides is 1. The van der Waals surface area contributed by atoms with Gasteiger partial charge in [0.2, 0.25) is 5.91 Å². The molecule has 0 radical (unpaired) electrons. The largest absolute Gasteiger partial charge is 0.348 e. The van der Waals surface area contributed by atoms with Gasteiger partial charge in [-0.2, -0.15) is 0 Å². The van der Waals surface area contributed by atoms with Crippen LogP contribution in [0, 0.1) is 5.92 Å². The van der Waals surface area contributed by atoms with E-state index in [1.807, 2.05) is 6.07 Å². The number of halogens is 1. The minimum Gasteiger partial charge on any atom is -0.348 e. The lowest BCUT2D eigenvalue weighted by molar-refractivity contribution is -0.123. The molecule has 21 heavy (non-hydrogen) atoms. The SMILES string of the molecule is C=NC1=CC(C(=O)NCC(=O)c2ccccc2)C(Cl)C=C1. The predicted molar refractivity (Wildman–Crippen MR) is 83.7 cm³/mol. The molecule has 1 aliphatic carbocycles. The standard InChI is InChI=1S/C16H15ClN2O2/c1-18-12-7-8-14(17)13(9-12)16(21)19-10-15(20)11-5-3-2-4-6-11/h2-9,13-14H,1,10H2,(H,19,21). The van der Waals surface area contributed by atoms with Crippen molar-refractivity contribution < 1.29 is 9.59 Å². The van der Waals surface area contributed by atoms with Crippen LogP contribution in [0.25, 0.3) is 0 Å². The fourth-order valence-electron chi connectivity index (χ4n) is 1.98. The number of alkyl halides is 1. The van der Waals surface area contributed by atoms with Crippen LogP contribution >= 0.6 is 11.6 Å². The Bertz CT molecular complexity index is 608. The van der Waals surface area contributed by atoms with Crippen molar-refractivity contribution in [2.45, 2.75) is 5.38 Å². The van der Waals surface area contributed by atoms with Gasteiger partial charge >= 0.3 is 0 Å². The molecule has 0 heterocycles. The molecule has 108 valence electrons. The van der Waals surface area contributed by atoms with E-state index in [-0.39, 0.29) is 18.2 Å². The number of carbonyl (C=O) groups excluding carboxylic acids is 2. The quantitative estimate of drug-likeness (QED) is 0.516. The maximum atomic E-state index is 12.1. The molecule has 0 saturated carbocycles. The average Bonchev–Trinajstić information content (AvgIpc) is 2.53. The van der Waals surface area contributed by atoms with Crippen LogP contribution < -0.4 is 5.32 Å². The van der Waals surface area contributed by atoms with Gasteiger partial charge < -0.3 is 5.32 Å². The molecule has 2 rings (SSSR count). The first-order chi connectivity index (χ1) is 10.1. The number of carbonyl (C=O) groups is 2. The van der Waals surface area contributed by atoms with Crippen molar-refractivity contribution in [3.63, 3.8) is 0 Å². The molecule has 0 aliphatic heterocycles. The Kier molecular flexibility index (Phi) is 5.06. The van der Waals surface area contributed by atoms with E-state index in [2.05, 4.69) is 17.0 Å². The maximum Gasteiger partial charge on any atom is 0.229 e. The van der Waals surface area contributed by atoms with Gasteiger partial charge in [-0.25, -0.2) is 0 Å². The number of Topliss-reactive ketones (excluding diaryl/α,β-unsaturated/α-hetero) is 1. The fraction of sp³-hybridized carbons (Fsp3) is 0.188. The second kappa shape index (κ2) is 6.99. The molecule has 1 aliphatic rings. The first kappa shape index (κ1) is 15.2. The fourth-order valence-corrected chi connectivity index (χ4v) is 2.24. The zero-order chi connectivity index (χ0) is 15.2. The molecule has 0 aromatic heterocycles. The highest BCUT2D eigenvalue weighted by Gasteiger charge is 2.26. The molecule has 5 heteroatoms. The van der Waals surface area contributed by atoms with E-state index in [0.29, 0.717) is 11.3 Å². The number of hydrogen-bond donors (Lipinski definition) is 1. The molecule has 0 bridgehead atoms. The van der Waals surface area contributed by atoms with Gasteiger partial charge in [0.05, 0.1) is 23.5 Å². The smallest absolute Gasteiger partial charge is 0.229 e. The summed E-state index contributed by atoms with van der Waals surface area (Å²) in [5.41, 5.74) is 1.16. The van der Waals surface area contributed by atoms with Gasteiger partial charge in [-0.1, -0.05) is 36.4 Å². The summed E-state index contributed by atoms with van der Waals surface area (Å²) in [4.78, 5) is 27.8. The van der Waals surface area contributed by atoms with Crippen LogP contribution in [0.5, 0.6) is 0 Å².